The van der Waals surface area contributed by atoms with Crippen molar-refractivity contribution in [2.24, 2.45) is 5.84 Å². The van der Waals surface area contributed by atoms with Gasteiger partial charge < -0.3 is 0 Å². The normalized spacial score (nSPS) is 11.6. The second-order valence-corrected chi connectivity index (χ2v) is 6.32. The third kappa shape index (κ3) is 3.51. The number of nitrogens with two attached hydrogens (primary N) is 1. The van der Waals surface area contributed by atoms with E-state index in [0.29, 0.717) is 5.56 Å². The van der Waals surface area contributed by atoms with Crippen LogP contribution in [0.4, 0.5) is 10.3 Å². The quantitative estimate of drug-likeness (QED) is 0.623. The van der Waals surface area contributed by atoms with E-state index >= 15 is 0 Å². The first-order valence-electron chi connectivity index (χ1n) is 5.93. The van der Waals surface area contributed by atoms with Crippen molar-refractivity contribution < 1.29 is 12.8 Å². The Morgan fingerprint density at radius 3 is 2.57 bits per heavy atom. The summed E-state index contributed by atoms with van der Waals surface area (Å²) >= 11 is 0. The Bertz CT molecular complexity index is 721. The topological polar surface area (TPSA) is 101 Å². The molecule has 21 heavy (non-hydrogen) atoms. The highest BCUT2D eigenvalue weighted by Crippen LogP contribution is 2.16. The first kappa shape index (κ1) is 15.3. The Hall–Kier alpha value is -2.10. The van der Waals surface area contributed by atoms with Gasteiger partial charge in [-0.3, -0.25) is 5.43 Å². The fourth-order valence-electron chi connectivity index (χ4n) is 1.68. The van der Waals surface area contributed by atoms with Crippen molar-refractivity contribution in [1.82, 2.24) is 14.3 Å². The standard InChI is InChI=1S/C12H14FN5O2S/c1-18(8-9-3-2-4-10(13)5-9)21(19,20)11-6-15-12(17-14)16-7-11/h2-7H,8,14H2,1H3,(H,15,16,17). The van der Waals surface area contributed by atoms with Crippen molar-refractivity contribution in [2.75, 3.05) is 12.5 Å². The summed E-state index contributed by atoms with van der Waals surface area (Å²) in [4.78, 5) is 7.44. The van der Waals surface area contributed by atoms with E-state index in [1.54, 1.807) is 6.07 Å². The van der Waals surface area contributed by atoms with Gasteiger partial charge in [0.15, 0.2) is 0 Å². The number of anilines is 1. The van der Waals surface area contributed by atoms with E-state index in [-0.39, 0.29) is 17.4 Å². The lowest BCUT2D eigenvalue weighted by Crippen LogP contribution is -2.27. The molecule has 0 fully saturated rings. The number of hydrogen-bond acceptors (Lipinski definition) is 6. The second kappa shape index (κ2) is 6.12. The minimum absolute atomic E-state index is 0.0387. The fourth-order valence-corrected chi connectivity index (χ4v) is 2.73. The number of halogens is 1. The molecule has 0 aliphatic carbocycles. The summed E-state index contributed by atoms with van der Waals surface area (Å²) in [5.74, 6) is 4.81. The maximum Gasteiger partial charge on any atom is 0.246 e. The molecule has 1 heterocycles. The zero-order valence-electron chi connectivity index (χ0n) is 11.2. The van der Waals surface area contributed by atoms with Crippen LogP contribution in [-0.4, -0.2) is 29.7 Å². The van der Waals surface area contributed by atoms with Crippen LogP contribution in [-0.2, 0) is 16.6 Å². The van der Waals surface area contributed by atoms with Crippen LogP contribution < -0.4 is 11.3 Å². The van der Waals surface area contributed by atoms with Gasteiger partial charge in [0.05, 0.1) is 12.4 Å². The van der Waals surface area contributed by atoms with E-state index in [2.05, 4.69) is 15.4 Å². The van der Waals surface area contributed by atoms with Crippen molar-refractivity contribution in [3.63, 3.8) is 0 Å². The average Bonchev–Trinajstić information content (AvgIpc) is 2.47. The minimum Gasteiger partial charge on any atom is -0.292 e. The number of sulfonamides is 1. The molecule has 0 aliphatic rings. The highest BCUT2D eigenvalue weighted by atomic mass is 32.2. The highest BCUT2D eigenvalue weighted by Gasteiger charge is 2.22. The third-order valence-corrected chi connectivity index (χ3v) is 4.52. The van der Waals surface area contributed by atoms with Gasteiger partial charge in [0.1, 0.15) is 10.7 Å². The Balaban J connectivity index is 2.21. The van der Waals surface area contributed by atoms with Gasteiger partial charge in [-0.1, -0.05) is 12.1 Å². The van der Waals surface area contributed by atoms with E-state index in [4.69, 9.17) is 5.84 Å². The molecule has 0 spiro atoms. The average molecular weight is 311 g/mol. The molecule has 0 bridgehead atoms. The summed E-state index contributed by atoms with van der Waals surface area (Å²) in [5.41, 5.74) is 2.75. The monoisotopic (exact) mass is 311 g/mol. The summed E-state index contributed by atoms with van der Waals surface area (Å²) < 4.78 is 38.9. The number of benzene rings is 1. The molecule has 9 heteroatoms. The van der Waals surface area contributed by atoms with Gasteiger partial charge in [-0.05, 0) is 17.7 Å². The molecule has 3 N–H and O–H groups in total. The van der Waals surface area contributed by atoms with Gasteiger partial charge in [-0.15, -0.1) is 0 Å². The number of hydrazine groups is 1. The zero-order chi connectivity index (χ0) is 15.5. The molecule has 0 saturated carbocycles. The molecular weight excluding hydrogens is 297 g/mol. The molecule has 0 saturated heterocycles. The molecule has 0 aliphatic heterocycles. The number of hydrogen-bond donors (Lipinski definition) is 2. The third-order valence-electron chi connectivity index (χ3n) is 2.76. The predicted molar refractivity (Wildman–Crippen MR) is 74.9 cm³/mol. The minimum atomic E-state index is -3.76. The number of nitrogens with zero attached hydrogens (tertiary/aromatic N) is 3. The van der Waals surface area contributed by atoms with Crippen LogP contribution in [0.1, 0.15) is 5.56 Å². The Morgan fingerprint density at radius 2 is 2.00 bits per heavy atom. The van der Waals surface area contributed by atoms with Crippen molar-refractivity contribution in [3.05, 3.63) is 48.0 Å². The molecule has 2 aromatic rings. The zero-order valence-corrected chi connectivity index (χ0v) is 12.0. The molecule has 0 atom stereocenters. The Kier molecular flexibility index (Phi) is 4.46. The molecule has 1 aromatic heterocycles. The van der Waals surface area contributed by atoms with Crippen LogP contribution in [0.5, 0.6) is 0 Å². The summed E-state index contributed by atoms with van der Waals surface area (Å²) in [7, 11) is -2.36. The van der Waals surface area contributed by atoms with E-state index in [1.807, 2.05) is 0 Å². The van der Waals surface area contributed by atoms with E-state index in [0.717, 1.165) is 16.7 Å². The number of nitrogens with one attached hydrogen (secondary N) is 1. The van der Waals surface area contributed by atoms with Gasteiger partial charge in [0.25, 0.3) is 0 Å². The maximum atomic E-state index is 13.1. The summed E-state index contributed by atoms with van der Waals surface area (Å²) in [6.45, 7) is 0.0387. The van der Waals surface area contributed by atoms with Crippen molar-refractivity contribution in [1.29, 1.82) is 0 Å². The molecule has 2 rings (SSSR count). The molecule has 0 radical (unpaired) electrons. The first-order chi connectivity index (χ1) is 9.93. The van der Waals surface area contributed by atoms with Crippen LogP contribution >= 0.6 is 0 Å². The number of aromatic nitrogens is 2. The maximum absolute atomic E-state index is 13.1. The SMILES string of the molecule is CN(Cc1cccc(F)c1)S(=O)(=O)c1cnc(NN)nc1. The molecule has 112 valence electrons. The lowest BCUT2D eigenvalue weighted by atomic mass is 10.2. The van der Waals surface area contributed by atoms with E-state index in [1.165, 1.54) is 25.2 Å². The second-order valence-electron chi connectivity index (χ2n) is 4.28. The van der Waals surface area contributed by atoms with Gasteiger partial charge >= 0.3 is 0 Å². The lowest BCUT2D eigenvalue weighted by Gasteiger charge is -2.17. The molecule has 0 unspecified atom stereocenters. The Morgan fingerprint density at radius 1 is 1.33 bits per heavy atom. The smallest absolute Gasteiger partial charge is 0.246 e. The number of rotatable bonds is 5. The van der Waals surface area contributed by atoms with E-state index < -0.39 is 15.8 Å². The van der Waals surface area contributed by atoms with Crippen LogP contribution in [0, 0.1) is 5.82 Å². The van der Waals surface area contributed by atoms with Gasteiger partial charge in [-0.25, -0.2) is 28.6 Å². The molecule has 0 amide bonds. The van der Waals surface area contributed by atoms with Crippen molar-refractivity contribution in [2.45, 2.75) is 11.4 Å². The van der Waals surface area contributed by atoms with Gasteiger partial charge in [0, 0.05) is 13.6 Å². The highest BCUT2D eigenvalue weighted by molar-refractivity contribution is 7.89. The largest absolute Gasteiger partial charge is 0.292 e. The molecular formula is C12H14FN5O2S. The Labute approximate surface area is 121 Å². The van der Waals surface area contributed by atoms with E-state index in [9.17, 15) is 12.8 Å². The summed E-state index contributed by atoms with van der Waals surface area (Å²) in [6, 6.07) is 5.75. The van der Waals surface area contributed by atoms with Gasteiger partial charge in [-0.2, -0.15) is 4.31 Å². The molecule has 1 aromatic carbocycles. The van der Waals surface area contributed by atoms with Crippen LogP contribution in [0.15, 0.2) is 41.6 Å². The number of nitrogen functional groups attached to an aromatic ring is 1. The van der Waals surface area contributed by atoms with Crippen molar-refractivity contribution in [3.8, 4) is 0 Å². The first-order valence-corrected chi connectivity index (χ1v) is 7.37. The lowest BCUT2D eigenvalue weighted by molar-refractivity contribution is 0.465. The van der Waals surface area contributed by atoms with Gasteiger partial charge in [0.2, 0.25) is 16.0 Å². The summed E-state index contributed by atoms with van der Waals surface area (Å²) in [5, 5.41) is 0. The predicted octanol–water partition coefficient (Wildman–Crippen LogP) is 0.722. The van der Waals surface area contributed by atoms with Crippen LogP contribution in [0.3, 0.4) is 0 Å². The van der Waals surface area contributed by atoms with Crippen LogP contribution in [0.2, 0.25) is 0 Å². The fraction of sp³-hybridized carbons (Fsp3) is 0.167. The van der Waals surface area contributed by atoms with Crippen LogP contribution in [0.25, 0.3) is 0 Å². The van der Waals surface area contributed by atoms with Crippen molar-refractivity contribution >= 4 is 16.0 Å². The summed E-state index contributed by atoms with van der Waals surface area (Å²) in [6.07, 6.45) is 2.30. The molecule has 7 nitrogen and oxygen atoms in total.